The minimum atomic E-state index is -0.486. The van der Waals surface area contributed by atoms with Gasteiger partial charge in [0.2, 0.25) is 0 Å². The van der Waals surface area contributed by atoms with Crippen LogP contribution in [0.5, 0.6) is 5.75 Å². The maximum Gasteiger partial charge on any atom is 0.411 e. The summed E-state index contributed by atoms with van der Waals surface area (Å²) in [6, 6.07) is 7.68. The normalized spacial score (nSPS) is 11.3. The van der Waals surface area contributed by atoms with Crippen molar-refractivity contribution in [2.75, 3.05) is 6.61 Å². The zero-order valence-electron chi connectivity index (χ0n) is 12.7. The van der Waals surface area contributed by atoms with E-state index >= 15 is 0 Å². The Morgan fingerprint density at radius 2 is 1.95 bits per heavy atom. The molecule has 21 heavy (non-hydrogen) atoms. The Bertz CT molecular complexity index is 542. The van der Waals surface area contributed by atoms with E-state index in [-0.39, 0.29) is 0 Å². The van der Waals surface area contributed by atoms with Crippen LogP contribution in [0.15, 0.2) is 60.5 Å². The highest BCUT2D eigenvalue weighted by Gasteiger charge is 2.01. The molecule has 4 nitrogen and oxygen atoms in total. The van der Waals surface area contributed by atoms with Crippen molar-refractivity contribution in [3.63, 3.8) is 0 Å². The van der Waals surface area contributed by atoms with E-state index in [1.807, 2.05) is 38.1 Å². The lowest BCUT2D eigenvalue weighted by Crippen LogP contribution is -2.22. The van der Waals surface area contributed by atoms with Crippen LogP contribution in [0, 0.1) is 6.92 Å². The van der Waals surface area contributed by atoms with Crippen molar-refractivity contribution < 1.29 is 14.3 Å². The van der Waals surface area contributed by atoms with E-state index in [0.717, 1.165) is 5.75 Å². The molecule has 1 rings (SSSR count). The van der Waals surface area contributed by atoms with E-state index in [1.165, 1.54) is 5.56 Å². The standard InChI is InChI=1S/C17H21NO3/c1-5-15(18-17(19)20-6-2)10-9-14(4)21-16-11-7-13(3)8-12-16/h5,7-12H,4,6H2,1-3H3,(H,18,19)/b10-9-,15-5+. The molecule has 0 radical (unpaired) electrons. The molecule has 0 saturated heterocycles. The summed E-state index contributed by atoms with van der Waals surface area (Å²) in [5, 5.41) is 2.61. The van der Waals surface area contributed by atoms with E-state index in [0.29, 0.717) is 18.1 Å². The molecule has 4 heteroatoms. The Hall–Kier alpha value is -2.49. The van der Waals surface area contributed by atoms with Crippen LogP contribution in [-0.2, 0) is 4.74 Å². The fourth-order valence-electron chi connectivity index (χ4n) is 1.47. The lowest BCUT2D eigenvalue weighted by molar-refractivity contribution is 0.155. The van der Waals surface area contributed by atoms with Gasteiger partial charge < -0.3 is 9.47 Å². The first-order valence-electron chi connectivity index (χ1n) is 6.76. The van der Waals surface area contributed by atoms with E-state index < -0.39 is 6.09 Å². The number of aryl methyl sites for hydroxylation is 1. The third-order valence-corrected chi connectivity index (χ3v) is 2.55. The fourth-order valence-corrected chi connectivity index (χ4v) is 1.47. The smallest absolute Gasteiger partial charge is 0.411 e. The van der Waals surface area contributed by atoms with Gasteiger partial charge in [0.05, 0.1) is 6.61 Å². The van der Waals surface area contributed by atoms with Gasteiger partial charge in [-0.3, -0.25) is 5.32 Å². The molecule has 0 unspecified atom stereocenters. The van der Waals surface area contributed by atoms with Gasteiger partial charge in [-0.2, -0.15) is 0 Å². The summed E-state index contributed by atoms with van der Waals surface area (Å²) >= 11 is 0. The van der Waals surface area contributed by atoms with Gasteiger partial charge in [0.1, 0.15) is 11.5 Å². The molecule has 1 aromatic rings. The van der Waals surface area contributed by atoms with Crippen LogP contribution in [-0.4, -0.2) is 12.7 Å². The SMILES string of the molecule is C=C(/C=C\C(=C/C)NC(=O)OCC)Oc1ccc(C)cc1. The van der Waals surface area contributed by atoms with Crippen molar-refractivity contribution in [2.24, 2.45) is 0 Å². The number of alkyl carbamates (subject to hydrolysis) is 1. The maximum atomic E-state index is 11.3. The Balaban J connectivity index is 2.55. The Labute approximate surface area is 125 Å². The first kappa shape index (κ1) is 16.6. The molecule has 0 atom stereocenters. The molecular weight excluding hydrogens is 266 g/mol. The molecule has 1 aromatic carbocycles. The summed E-state index contributed by atoms with van der Waals surface area (Å²) < 4.78 is 10.4. The van der Waals surface area contributed by atoms with Crippen LogP contribution in [0.1, 0.15) is 19.4 Å². The van der Waals surface area contributed by atoms with E-state index in [4.69, 9.17) is 9.47 Å². The summed E-state index contributed by atoms with van der Waals surface area (Å²) in [5.74, 6) is 1.19. The molecule has 0 heterocycles. The second kappa shape index (κ2) is 8.64. The topological polar surface area (TPSA) is 47.6 Å². The van der Waals surface area contributed by atoms with Gasteiger partial charge in [-0.25, -0.2) is 4.79 Å². The molecule has 0 aliphatic heterocycles. The van der Waals surface area contributed by atoms with Crippen molar-refractivity contribution in [1.29, 1.82) is 0 Å². The summed E-state index contributed by atoms with van der Waals surface area (Å²) in [6.45, 7) is 9.72. The second-order valence-corrected chi connectivity index (χ2v) is 4.30. The van der Waals surface area contributed by atoms with Crippen LogP contribution in [0.4, 0.5) is 4.79 Å². The number of allylic oxidation sites excluding steroid dienone is 3. The highest BCUT2D eigenvalue weighted by Crippen LogP contribution is 2.14. The molecule has 0 aromatic heterocycles. The quantitative estimate of drug-likeness (QED) is 0.633. The predicted molar refractivity (Wildman–Crippen MR) is 84.0 cm³/mol. The monoisotopic (exact) mass is 287 g/mol. The van der Waals surface area contributed by atoms with Gasteiger partial charge in [-0.05, 0) is 45.1 Å². The Kier molecular flexibility index (Phi) is 6.81. The van der Waals surface area contributed by atoms with Gasteiger partial charge >= 0.3 is 6.09 Å². The molecule has 0 spiro atoms. The maximum absolute atomic E-state index is 11.3. The van der Waals surface area contributed by atoms with E-state index in [2.05, 4.69) is 11.9 Å². The zero-order chi connectivity index (χ0) is 15.7. The Morgan fingerprint density at radius 3 is 2.52 bits per heavy atom. The van der Waals surface area contributed by atoms with Crippen LogP contribution in [0.3, 0.4) is 0 Å². The summed E-state index contributed by atoms with van der Waals surface area (Å²) in [5.41, 5.74) is 1.78. The molecule has 0 bridgehead atoms. The van der Waals surface area contributed by atoms with Gasteiger partial charge in [-0.1, -0.05) is 30.4 Å². The van der Waals surface area contributed by atoms with Crippen LogP contribution in [0.25, 0.3) is 0 Å². The molecule has 0 fully saturated rings. The van der Waals surface area contributed by atoms with Crippen molar-refractivity contribution in [3.8, 4) is 5.75 Å². The highest BCUT2D eigenvalue weighted by molar-refractivity contribution is 5.70. The number of hydrogen-bond acceptors (Lipinski definition) is 3. The number of nitrogens with one attached hydrogen (secondary N) is 1. The molecular formula is C17H21NO3. The summed E-state index contributed by atoms with van der Waals surface area (Å²) in [7, 11) is 0. The van der Waals surface area contributed by atoms with Gasteiger partial charge in [0.25, 0.3) is 0 Å². The first-order valence-corrected chi connectivity index (χ1v) is 6.76. The Morgan fingerprint density at radius 1 is 1.29 bits per heavy atom. The van der Waals surface area contributed by atoms with Crippen molar-refractivity contribution in [1.82, 2.24) is 5.32 Å². The average molecular weight is 287 g/mol. The largest absolute Gasteiger partial charge is 0.458 e. The minimum absolute atomic E-state index is 0.329. The van der Waals surface area contributed by atoms with Crippen LogP contribution in [0.2, 0.25) is 0 Å². The van der Waals surface area contributed by atoms with Crippen molar-refractivity contribution in [2.45, 2.75) is 20.8 Å². The number of carbonyl (C=O) groups is 1. The number of ether oxygens (including phenoxy) is 2. The fraction of sp³-hybridized carbons (Fsp3) is 0.235. The second-order valence-electron chi connectivity index (χ2n) is 4.30. The van der Waals surface area contributed by atoms with Gasteiger partial charge in [0.15, 0.2) is 0 Å². The predicted octanol–water partition coefficient (Wildman–Crippen LogP) is 4.09. The molecule has 0 saturated carbocycles. The van der Waals surface area contributed by atoms with Crippen LogP contribution < -0.4 is 10.1 Å². The molecule has 1 amide bonds. The van der Waals surface area contributed by atoms with Crippen LogP contribution >= 0.6 is 0 Å². The van der Waals surface area contributed by atoms with E-state index in [9.17, 15) is 4.79 Å². The van der Waals surface area contributed by atoms with Crippen molar-refractivity contribution >= 4 is 6.09 Å². The van der Waals surface area contributed by atoms with E-state index in [1.54, 1.807) is 25.2 Å². The molecule has 0 aliphatic carbocycles. The number of carbonyl (C=O) groups excluding carboxylic acids is 1. The molecule has 1 N–H and O–H groups in total. The number of rotatable bonds is 6. The molecule has 0 aliphatic rings. The number of hydrogen-bond donors (Lipinski definition) is 1. The zero-order valence-corrected chi connectivity index (χ0v) is 12.7. The lowest BCUT2D eigenvalue weighted by atomic mass is 10.2. The number of amides is 1. The van der Waals surface area contributed by atoms with Crippen molar-refractivity contribution in [3.05, 3.63) is 66.1 Å². The lowest BCUT2D eigenvalue weighted by Gasteiger charge is -2.07. The third-order valence-electron chi connectivity index (χ3n) is 2.55. The minimum Gasteiger partial charge on any atom is -0.458 e. The molecule has 112 valence electrons. The number of benzene rings is 1. The van der Waals surface area contributed by atoms with Gasteiger partial charge in [0, 0.05) is 5.70 Å². The summed E-state index contributed by atoms with van der Waals surface area (Å²) in [6.07, 6.45) is 4.65. The summed E-state index contributed by atoms with van der Waals surface area (Å²) in [4.78, 5) is 11.3. The highest BCUT2D eigenvalue weighted by atomic mass is 16.5. The first-order chi connectivity index (χ1) is 10.0. The average Bonchev–Trinajstić information content (AvgIpc) is 2.46. The van der Waals surface area contributed by atoms with Gasteiger partial charge in [-0.15, -0.1) is 0 Å². The third kappa shape index (κ3) is 6.47.